The summed E-state index contributed by atoms with van der Waals surface area (Å²) in [6.45, 7) is 4.58. The highest BCUT2D eigenvalue weighted by atomic mass is 79.9. The Hall–Kier alpha value is -2.13. The highest BCUT2D eigenvalue weighted by molar-refractivity contribution is 9.10. The van der Waals surface area contributed by atoms with Crippen molar-refractivity contribution in [3.05, 3.63) is 81.5 Å². The second-order valence-electron chi connectivity index (χ2n) is 9.46. The van der Waals surface area contributed by atoms with E-state index < -0.39 is 12.0 Å². The number of hydrogen-bond donors (Lipinski definition) is 1. The van der Waals surface area contributed by atoms with Crippen molar-refractivity contribution in [2.24, 2.45) is 4.99 Å². The van der Waals surface area contributed by atoms with Gasteiger partial charge in [-0.3, -0.25) is 0 Å². The Balaban J connectivity index is 1.55. The molecule has 0 amide bonds. The van der Waals surface area contributed by atoms with Crippen molar-refractivity contribution < 1.29 is 14.6 Å². The SMILES string of the molecule is CSC1=NC(COCCN2CCCCC2)=C(C(=O)O)C(c2ccc(Br)cc2)N1CCCc1ccccc1. The minimum Gasteiger partial charge on any atom is -0.478 e. The van der Waals surface area contributed by atoms with E-state index in [2.05, 4.69) is 50.0 Å². The number of carboxylic acid groups (broad SMARTS) is 1. The summed E-state index contributed by atoms with van der Waals surface area (Å²) < 4.78 is 6.98. The third-order valence-electron chi connectivity index (χ3n) is 6.92. The van der Waals surface area contributed by atoms with Crippen molar-refractivity contribution in [1.82, 2.24) is 9.80 Å². The van der Waals surface area contributed by atoms with E-state index in [0.717, 1.165) is 47.7 Å². The topological polar surface area (TPSA) is 65.4 Å². The van der Waals surface area contributed by atoms with Crippen LogP contribution in [0, 0.1) is 0 Å². The number of amidine groups is 1. The fourth-order valence-corrected chi connectivity index (χ4v) is 5.93. The van der Waals surface area contributed by atoms with Crippen LogP contribution < -0.4 is 0 Å². The molecule has 198 valence electrons. The van der Waals surface area contributed by atoms with Gasteiger partial charge in [-0.15, -0.1) is 0 Å². The molecule has 1 saturated heterocycles. The summed E-state index contributed by atoms with van der Waals surface area (Å²) >= 11 is 5.07. The Kier molecular flexibility index (Phi) is 10.7. The van der Waals surface area contributed by atoms with Crippen LogP contribution in [0.5, 0.6) is 0 Å². The van der Waals surface area contributed by atoms with Crippen LogP contribution in [0.2, 0.25) is 0 Å². The molecule has 2 heterocycles. The Morgan fingerprint density at radius 2 is 1.81 bits per heavy atom. The van der Waals surface area contributed by atoms with Crippen LogP contribution in [0.15, 0.2) is 75.3 Å². The predicted molar refractivity (Wildman–Crippen MR) is 155 cm³/mol. The number of aliphatic carboxylic acids is 1. The van der Waals surface area contributed by atoms with E-state index in [0.29, 0.717) is 24.4 Å². The number of carboxylic acids is 1. The monoisotopic (exact) mass is 585 g/mol. The van der Waals surface area contributed by atoms with E-state index in [1.807, 2.05) is 36.6 Å². The van der Waals surface area contributed by atoms with E-state index in [1.54, 1.807) is 11.8 Å². The maximum atomic E-state index is 12.7. The number of aryl methyl sites for hydroxylation is 1. The number of carbonyl (C=O) groups is 1. The Bertz CT molecular complexity index is 1090. The van der Waals surface area contributed by atoms with Crippen LogP contribution in [0.1, 0.15) is 42.9 Å². The van der Waals surface area contributed by atoms with Crippen LogP contribution in [-0.4, -0.2) is 71.7 Å². The van der Waals surface area contributed by atoms with E-state index in [9.17, 15) is 9.90 Å². The molecule has 6 nitrogen and oxygen atoms in total. The minimum absolute atomic E-state index is 0.199. The molecule has 1 unspecified atom stereocenters. The van der Waals surface area contributed by atoms with Gasteiger partial charge in [0.25, 0.3) is 0 Å². The summed E-state index contributed by atoms with van der Waals surface area (Å²) in [7, 11) is 0. The average Bonchev–Trinajstić information content (AvgIpc) is 2.92. The van der Waals surface area contributed by atoms with Crippen molar-refractivity contribution in [2.75, 3.05) is 45.6 Å². The fraction of sp³-hybridized carbons (Fsp3) is 0.448. The second kappa shape index (κ2) is 14.1. The van der Waals surface area contributed by atoms with Gasteiger partial charge in [0.05, 0.1) is 30.5 Å². The Labute approximate surface area is 232 Å². The first-order chi connectivity index (χ1) is 18.1. The van der Waals surface area contributed by atoms with Crippen LogP contribution in [0.25, 0.3) is 0 Å². The predicted octanol–water partition coefficient (Wildman–Crippen LogP) is 6.00. The summed E-state index contributed by atoms with van der Waals surface area (Å²) in [5.74, 6) is -0.945. The van der Waals surface area contributed by atoms with Gasteiger partial charge in [-0.25, -0.2) is 9.79 Å². The fourth-order valence-electron chi connectivity index (χ4n) is 5.04. The molecule has 37 heavy (non-hydrogen) atoms. The zero-order valence-corrected chi connectivity index (χ0v) is 23.8. The molecule has 1 fully saturated rings. The molecule has 0 spiro atoms. The minimum atomic E-state index is -0.945. The molecule has 4 rings (SSSR count). The molecule has 0 aliphatic carbocycles. The third kappa shape index (κ3) is 7.69. The average molecular weight is 587 g/mol. The smallest absolute Gasteiger partial charge is 0.336 e. The maximum absolute atomic E-state index is 12.7. The van der Waals surface area contributed by atoms with Crippen molar-refractivity contribution in [1.29, 1.82) is 0 Å². The molecule has 0 aromatic heterocycles. The molecule has 2 aromatic rings. The first-order valence-corrected chi connectivity index (χ1v) is 15.0. The molecule has 2 aromatic carbocycles. The molecule has 0 saturated carbocycles. The van der Waals surface area contributed by atoms with E-state index in [4.69, 9.17) is 9.73 Å². The van der Waals surface area contributed by atoms with Crippen LogP contribution >= 0.6 is 27.7 Å². The number of hydrogen-bond acceptors (Lipinski definition) is 6. The van der Waals surface area contributed by atoms with E-state index in [-0.39, 0.29) is 6.61 Å². The second-order valence-corrected chi connectivity index (χ2v) is 11.1. The highest BCUT2D eigenvalue weighted by Gasteiger charge is 2.36. The first-order valence-electron chi connectivity index (χ1n) is 13.0. The lowest BCUT2D eigenvalue weighted by Crippen LogP contribution is -2.40. The molecule has 0 radical (unpaired) electrons. The van der Waals surface area contributed by atoms with Gasteiger partial charge in [0.15, 0.2) is 5.17 Å². The number of likely N-dealkylation sites (tertiary alicyclic amines) is 1. The zero-order chi connectivity index (χ0) is 26.0. The van der Waals surface area contributed by atoms with E-state index in [1.165, 1.54) is 24.8 Å². The van der Waals surface area contributed by atoms with Gasteiger partial charge in [-0.1, -0.05) is 76.6 Å². The highest BCUT2D eigenvalue weighted by Crippen LogP contribution is 2.38. The number of aliphatic imine (C=N–C) groups is 1. The van der Waals surface area contributed by atoms with Crippen LogP contribution in [-0.2, 0) is 16.0 Å². The lowest BCUT2D eigenvalue weighted by atomic mass is 9.94. The van der Waals surface area contributed by atoms with Gasteiger partial charge in [0.1, 0.15) is 0 Å². The molecule has 8 heteroatoms. The van der Waals surface area contributed by atoms with Gasteiger partial charge >= 0.3 is 5.97 Å². The summed E-state index contributed by atoms with van der Waals surface area (Å²) in [6.07, 6.45) is 7.60. The summed E-state index contributed by atoms with van der Waals surface area (Å²) in [6, 6.07) is 17.9. The molecule has 1 N–H and O–H groups in total. The Morgan fingerprint density at radius 3 is 2.49 bits per heavy atom. The molecular weight excluding hydrogens is 550 g/mol. The zero-order valence-electron chi connectivity index (χ0n) is 21.4. The number of piperidine rings is 1. The summed E-state index contributed by atoms with van der Waals surface area (Å²) in [5.41, 5.74) is 3.03. The normalized spacial score (nSPS) is 18.7. The van der Waals surface area contributed by atoms with Gasteiger partial charge in [-0.2, -0.15) is 0 Å². The molecule has 1 atom stereocenters. The van der Waals surface area contributed by atoms with Gasteiger partial charge in [0.2, 0.25) is 0 Å². The number of halogens is 1. The van der Waals surface area contributed by atoms with Gasteiger partial charge in [-0.05, 0) is 68.3 Å². The van der Waals surface area contributed by atoms with Crippen molar-refractivity contribution in [3.63, 3.8) is 0 Å². The molecule has 2 aliphatic heterocycles. The quantitative estimate of drug-likeness (QED) is 0.326. The van der Waals surface area contributed by atoms with Crippen molar-refractivity contribution >= 4 is 38.8 Å². The first kappa shape index (κ1) is 27.9. The van der Waals surface area contributed by atoms with Crippen molar-refractivity contribution in [3.8, 4) is 0 Å². The number of ether oxygens (including phenoxy) is 1. The standard InChI is InChI=1S/C29H36BrN3O3S/c1-37-29-31-25(21-36-20-19-32-16-6-3-7-17-32)26(28(34)35)27(23-12-14-24(30)15-13-23)33(29)18-8-11-22-9-4-2-5-10-22/h2,4-5,9-10,12-15,27H,3,6-8,11,16-21H2,1H3,(H,34,35). The van der Waals surface area contributed by atoms with Crippen LogP contribution in [0.4, 0.5) is 0 Å². The molecule has 2 aliphatic rings. The van der Waals surface area contributed by atoms with Gasteiger partial charge < -0.3 is 19.6 Å². The Morgan fingerprint density at radius 1 is 1.08 bits per heavy atom. The van der Waals surface area contributed by atoms with Crippen LogP contribution in [0.3, 0.4) is 0 Å². The summed E-state index contributed by atoms with van der Waals surface area (Å²) in [5, 5.41) is 11.2. The van der Waals surface area contributed by atoms with Crippen molar-refractivity contribution in [2.45, 2.75) is 38.1 Å². The number of nitrogens with zero attached hydrogens (tertiary/aromatic N) is 3. The lowest BCUT2D eigenvalue weighted by Gasteiger charge is -2.38. The van der Waals surface area contributed by atoms with E-state index >= 15 is 0 Å². The molecule has 0 bridgehead atoms. The molecular formula is C29H36BrN3O3S. The summed E-state index contributed by atoms with van der Waals surface area (Å²) in [4.78, 5) is 22.1. The lowest BCUT2D eigenvalue weighted by molar-refractivity contribution is -0.133. The number of rotatable bonds is 11. The van der Waals surface area contributed by atoms with Gasteiger partial charge in [0, 0.05) is 17.6 Å². The maximum Gasteiger partial charge on any atom is 0.336 e. The third-order valence-corrected chi connectivity index (χ3v) is 8.14. The number of benzene rings is 2. The number of thioether (sulfide) groups is 1. The largest absolute Gasteiger partial charge is 0.478 e.